The minimum Gasteiger partial charge on any atom is -0.396 e. The lowest BCUT2D eigenvalue weighted by Crippen LogP contribution is -2.28. The lowest BCUT2D eigenvalue weighted by Gasteiger charge is -2.07. The monoisotopic (exact) mass is 276 g/mol. The molecule has 0 saturated carbocycles. The molecule has 0 saturated heterocycles. The first-order chi connectivity index (χ1) is 9.61. The Morgan fingerprint density at radius 1 is 1.40 bits per heavy atom. The van der Waals surface area contributed by atoms with Gasteiger partial charge in [0.15, 0.2) is 0 Å². The lowest BCUT2D eigenvalue weighted by atomic mass is 10.3. The van der Waals surface area contributed by atoms with Gasteiger partial charge in [-0.15, -0.1) is 0 Å². The average Bonchev–Trinajstić information content (AvgIpc) is 3.00. The van der Waals surface area contributed by atoms with E-state index in [9.17, 15) is 4.79 Å². The molecule has 20 heavy (non-hydrogen) atoms. The van der Waals surface area contributed by atoms with Crippen molar-refractivity contribution in [2.75, 3.05) is 12.3 Å². The van der Waals surface area contributed by atoms with E-state index in [4.69, 9.17) is 5.73 Å². The normalized spacial score (nSPS) is 10.7. The quantitative estimate of drug-likeness (QED) is 0.764. The van der Waals surface area contributed by atoms with E-state index in [-0.39, 0.29) is 5.91 Å². The summed E-state index contributed by atoms with van der Waals surface area (Å²) in [6, 6.07) is 0. The number of amides is 1. The number of aromatic nitrogens is 4. The Labute approximate surface area is 117 Å². The van der Waals surface area contributed by atoms with Gasteiger partial charge in [0.2, 0.25) is 0 Å². The molecule has 0 aromatic carbocycles. The molecule has 108 valence electrons. The molecule has 3 N–H and O–H groups in total. The SMILES string of the molecule is CCn1ncc(N)c1C(=O)NCCCn1cc(C)cn1. The standard InChI is InChI=1S/C13H20N6O/c1-3-19-12(11(14)8-17-19)13(20)15-5-4-6-18-9-10(2)7-16-18/h7-9H,3-6,14H2,1-2H3,(H,15,20). The van der Waals surface area contributed by atoms with Gasteiger partial charge >= 0.3 is 0 Å². The molecule has 2 aromatic rings. The predicted octanol–water partition coefficient (Wildman–Crippen LogP) is 0.810. The van der Waals surface area contributed by atoms with Crippen molar-refractivity contribution in [1.82, 2.24) is 24.9 Å². The summed E-state index contributed by atoms with van der Waals surface area (Å²) in [5.41, 5.74) is 7.73. The fourth-order valence-electron chi connectivity index (χ4n) is 2.00. The molecule has 2 rings (SSSR count). The molecule has 7 heteroatoms. The van der Waals surface area contributed by atoms with E-state index in [2.05, 4.69) is 15.5 Å². The summed E-state index contributed by atoms with van der Waals surface area (Å²) in [5, 5.41) is 11.1. The summed E-state index contributed by atoms with van der Waals surface area (Å²) < 4.78 is 3.47. The number of anilines is 1. The minimum atomic E-state index is -0.182. The van der Waals surface area contributed by atoms with Crippen LogP contribution in [-0.4, -0.2) is 32.0 Å². The van der Waals surface area contributed by atoms with Crippen molar-refractivity contribution in [1.29, 1.82) is 0 Å². The number of hydrogen-bond donors (Lipinski definition) is 2. The molecule has 2 heterocycles. The van der Waals surface area contributed by atoms with Crippen LogP contribution in [0.15, 0.2) is 18.6 Å². The Balaban J connectivity index is 1.82. The van der Waals surface area contributed by atoms with Crippen LogP contribution in [-0.2, 0) is 13.1 Å². The molecule has 0 aliphatic heterocycles. The number of carbonyl (C=O) groups is 1. The molecular formula is C13H20N6O. The number of hydrogen-bond acceptors (Lipinski definition) is 4. The third-order valence-corrected chi connectivity index (χ3v) is 2.99. The Bertz CT molecular complexity index is 585. The van der Waals surface area contributed by atoms with E-state index in [0.717, 1.165) is 18.5 Å². The van der Waals surface area contributed by atoms with Crippen LogP contribution < -0.4 is 11.1 Å². The fraction of sp³-hybridized carbons (Fsp3) is 0.462. The number of nitrogens with zero attached hydrogens (tertiary/aromatic N) is 4. The fourth-order valence-corrected chi connectivity index (χ4v) is 2.00. The topological polar surface area (TPSA) is 90.8 Å². The zero-order valence-corrected chi connectivity index (χ0v) is 11.8. The lowest BCUT2D eigenvalue weighted by molar-refractivity contribution is 0.0943. The van der Waals surface area contributed by atoms with E-state index in [1.807, 2.05) is 30.9 Å². The van der Waals surface area contributed by atoms with Gasteiger partial charge in [-0.05, 0) is 25.8 Å². The molecule has 0 spiro atoms. The van der Waals surface area contributed by atoms with Crippen LogP contribution in [0.2, 0.25) is 0 Å². The maximum Gasteiger partial charge on any atom is 0.271 e. The largest absolute Gasteiger partial charge is 0.396 e. The molecule has 2 aromatic heterocycles. The summed E-state index contributed by atoms with van der Waals surface area (Å²) in [4.78, 5) is 12.0. The summed E-state index contributed by atoms with van der Waals surface area (Å²) in [5.74, 6) is -0.182. The van der Waals surface area contributed by atoms with Crippen LogP contribution in [0, 0.1) is 6.92 Å². The van der Waals surface area contributed by atoms with Crippen LogP contribution in [0.1, 0.15) is 29.4 Å². The van der Waals surface area contributed by atoms with Crippen molar-refractivity contribution < 1.29 is 4.79 Å². The van der Waals surface area contributed by atoms with E-state index in [0.29, 0.717) is 24.5 Å². The second-order valence-electron chi connectivity index (χ2n) is 4.65. The van der Waals surface area contributed by atoms with Crippen LogP contribution in [0.5, 0.6) is 0 Å². The number of carbonyl (C=O) groups excluding carboxylic acids is 1. The van der Waals surface area contributed by atoms with Gasteiger partial charge in [0, 0.05) is 25.8 Å². The molecule has 0 atom stereocenters. The Kier molecular flexibility index (Phi) is 4.39. The Morgan fingerprint density at radius 3 is 2.85 bits per heavy atom. The van der Waals surface area contributed by atoms with Gasteiger partial charge in [-0.1, -0.05) is 0 Å². The van der Waals surface area contributed by atoms with Crippen molar-refractivity contribution in [3.8, 4) is 0 Å². The number of nitrogens with two attached hydrogens (primary N) is 1. The third kappa shape index (κ3) is 3.17. The highest BCUT2D eigenvalue weighted by molar-refractivity contribution is 5.97. The third-order valence-electron chi connectivity index (χ3n) is 2.99. The minimum absolute atomic E-state index is 0.182. The molecule has 0 aliphatic carbocycles. The second kappa shape index (κ2) is 6.23. The molecule has 1 amide bonds. The molecule has 0 bridgehead atoms. The first-order valence-electron chi connectivity index (χ1n) is 6.70. The van der Waals surface area contributed by atoms with E-state index < -0.39 is 0 Å². The van der Waals surface area contributed by atoms with Gasteiger partial charge in [0.25, 0.3) is 5.91 Å². The van der Waals surface area contributed by atoms with E-state index >= 15 is 0 Å². The average molecular weight is 276 g/mol. The molecular weight excluding hydrogens is 256 g/mol. The highest BCUT2D eigenvalue weighted by Gasteiger charge is 2.15. The van der Waals surface area contributed by atoms with Crippen LogP contribution in [0.3, 0.4) is 0 Å². The molecule has 0 radical (unpaired) electrons. The summed E-state index contributed by atoms with van der Waals surface area (Å²) in [6.07, 6.45) is 6.11. The van der Waals surface area contributed by atoms with E-state index in [1.54, 1.807) is 4.68 Å². The van der Waals surface area contributed by atoms with Gasteiger partial charge in [0.1, 0.15) is 5.69 Å². The second-order valence-corrected chi connectivity index (χ2v) is 4.65. The smallest absolute Gasteiger partial charge is 0.271 e. The highest BCUT2D eigenvalue weighted by atomic mass is 16.2. The van der Waals surface area contributed by atoms with Crippen LogP contribution >= 0.6 is 0 Å². The molecule has 0 unspecified atom stereocenters. The molecule has 0 fully saturated rings. The molecule has 7 nitrogen and oxygen atoms in total. The maximum absolute atomic E-state index is 12.0. The van der Waals surface area contributed by atoms with Gasteiger partial charge in [0.05, 0.1) is 18.1 Å². The predicted molar refractivity (Wildman–Crippen MR) is 76.2 cm³/mol. The molecule has 0 aliphatic rings. The Hall–Kier alpha value is -2.31. The summed E-state index contributed by atoms with van der Waals surface area (Å²) in [6.45, 7) is 5.89. The van der Waals surface area contributed by atoms with Gasteiger partial charge in [-0.25, -0.2) is 0 Å². The van der Waals surface area contributed by atoms with Crippen molar-refractivity contribution in [3.05, 3.63) is 29.8 Å². The van der Waals surface area contributed by atoms with Crippen molar-refractivity contribution in [2.45, 2.75) is 33.4 Å². The first-order valence-corrected chi connectivity index (χ1v) is 6.70. The van der Waals surface area contributed by atoms with Crippen LogP contribution in [0.4, 0.5) is 5.69 Å². The van der Waals surface area contributed by atoms with Gasteiger partial charge < -0.3 is 11.1 Å². The maximum atomic E-state index is 12.0. The van der Waals surface area contributed by atoms with Crippen molar-refractivity contribution in [3.63, 3.8) is 0 Å². The summed E-state index contributed by atoms with van der Waals surface area (Å²) >= 11 is 0. The first kappa shape index (κ1) is 14.1. The van der Waals surface area contributed by atoms with E-state index in [1.165, 1.54) is 6.20 Å². The number of nitrogen functional groups attached to an aromatic ring is 1. The zero-order valence-electron chi connectivity index (χ0n) is 11.8. The van der Waals surface area contributed by atoms with Crippen molar-refractivity contribution >= 4 is 11.6 Å². The van der Waals surface area contributed by atoms with Crippen LogP contribution in [0.25, 0.3) is 0 Å². The summed E-state index contributed by atoms with van der Waals surface area (Å²) in [7, 11) is 0. The number of nitrogens with one attached hydrogen (secondary N) is 1. The van der Waals surface area contributed by atoms with Crippen molar-refractivity contribution in [2.24, 2.45) is 0 Å². The number of aryl methyl sites for hydroxylation is 3. The van der Waals surface area contributed by atoms with Gasteiger partial charge in [-0.2, -0.15) is 10.2 Å². The van der Waals surface area contributed by atoms with Gasteiger partial charge in [-0.3, -0.25) is 14.2 Å². The zero-order chi connectivity index (χ0) is 14.5. The Morgan fingerprint density at radius 2 is 2.20 bits per heavy atom. The highest BCUT2D eigenvalue weighted by Crippen LogP contribution is 2.10. The number of rotatable bonds is 6.